The molecule has 1 amide bonds. The van der Waals surface area contributed by atoms with Crippen LogP contribution < -0.4 is 90.8 Å². The number of aromatic carboxylic acids is 1. The number of aromatic amines is 1. The topological polar surface area (TPSA) is 209 Å². The Labute approximate surface area is 335 Å². The first-order valence-corrected chi connectivity index (χ1v) is 16.7. The molecule has 1 aromatic carbocycles. The van der Waals surface area contributed by atoms with Gasteiger partial charge in [-0.2, -0.15) is 4.98 Å². The Morgan fingerprint density at radius 2 is 1.82 bits per heavy atom. The molecule has 5 heterocycles. The number of nitrogens with one attached hydrogen (secondary N) is 1. The second kappa shape index (κ2) is 16.2. The van der Waals surface area contributed by atoms with Crippen LogP contribution in [-0.2, 0) is 23.2 Å². The molecule has 3 aliphatic heterocycles. The number of carboxylic acids is 2. The first-order chi connectivity index (χ1) is 22.9. The summed E-state index contributed by atoms with van der Waals surface area (Å²) in [4.78, 5) is 85.4. The number of piperazine rings is 1. The number of carbonyl (C=O) groups is 3. The predicted octanol–water partition coefficient (Wildman–Crippen LogP) is -8.46. The fourth-order valence-electron chi connectivity index (χ4n) is 5.80. The van der Waals surface area contributed by atoms with Gasteiger partial charge in [-0.25, -0.2) is 4.39 Å². The summed E-state index contributed by atoms with van der Waals surface area (Å²) in [6, 6.07) is 1.78. The van der Waals surface area contributed by atoms with Crippen LogP contribution >= 0.6 is 23.5 Å². The van der Waals surface area contributed by atoms with E-state index in [1.165, 1.54) is 35.8 Å². The maximum absolute atomic E-state index is 15.2. The smallest absolute Gasteiger partial charge is 0.545 e. The van der Waals surface area contributed by atoms with Crippen LogP contribution in [0.5, 0.6) is 0 Å². The summed E-state index contributed by atoms with van der Waals surface area (Å²) in [5.41, 5.74) is -2.37. The Kier molecular flexibility index (Phi) is 12.9. The van der Waals surface area contributed by atoms with Gasteiger partial charge in [-0.15, -0.1) is 11.8 Å². The number of rotatable bonds is 9. The quantitative estimate of drug-likeness (QED) is 0.0540. The van der Waals surface area contributed by atoms with Crippen molar-refractivity contribution >= 4 is 64.3 Å². The van der Waals surface area contributed by atoms with Crippen LogP contribution in [-0.4, -0.2) is 102 Å². The zero-order valence-electron chi connectivity index (χ0n) is 27.5. The van der Waals surface area contributed by atoms with Crippen LogP contribution in [0.15, 0.2) is 54.1 Å². The summed E-state index contributed by atoms with van der Waals surface area (Å²) >= 11 is 2.38. The number of β-lactam (4-membered cyclic amide) rings is 1. The third-order valence-electron chi connectivity index (χ3n) is 8.29. The molecule has 0 saturated carbocycles. The molecule has 2 aromatic heterocycles. The number of fused-ring (bicyclic) bond motifs is 2. The van der Waals surface area contributed by atoms with E-state index in [0.717, 1.165) is 22.7 Å². The summed E-state index contributed by atoms with van der Waals surface area (Å²) in [6.45, 7) is 3.76. The van der Waals surface area contributed by atoms with Crippen LogP contribution in [0.3, 0.4) is 0 Å². The number of anilines is 1. The molecule has 6 rings (SSSR count). The van der Waals surface area contributed by atoms with Gasteiger partial charge >= 0.3 is 70.2 Å². The van der Waals surface area contributed by atoms with Gasteiger partial charge < -0.3 is 34.2 Å². The molecular formula is C29H27FN8Na2O8S2. The van der Waals surface area contributed by atoms with Crippen molar-refractivity contribution in [3.8, 4) is 0 Å². The molecule has 2 atom stereocenters. The summed E-state index contributed by atoms with van der Waals surface area (Å²) in [6.07, 6.45) is 2.74. The number of hydrogen-bond acceptors (Lipinski definition) is 13. The Morgan fingerprint density at radius 1 is 1.12 bits per heavy atom. The number of pyridine rings is 1. The molecule has 1 N–H and O–H groups in total. The summed E-state index contributed by atoms with van der Waals surface area (Å²) < 4.78 is 18.1. The molecule has 21 heteroatoms. The molecule has 50 heavy (non-hydrogen) atoms. The number of hydrogen-bond donors (Lipinski definition) is 1. The van der Waals surface area contributed by atoms with E-state index in [-0.39, 0.29) is 92.5 Å². The van der Waals surface area contributed by atoms with Crippen LogP contribution in [0.2, 0.25) is 0 Å². The van der Waals surface area contributed by atoms with Gasteiger partial charge in [0, 0.05) is 62.9 Å². The van der Waals surface area contributed by atoms with E-state index in [4.69, 9.17) is 0 Å². The van der Waals surface area contributed by atoms with Gasteiger partial charge in [-0.05, 0) is 24.6 Å². The van der Waals surface area contributed by atoms with Crippen molar-refractivity contribution in [1.29, 1.82) is 0 Å². The Balaban J connectivity index is 0.00000281. The zero-order valence-corrected chi connectivity index (χ0v) is 33.1. The summed E-state index contributed by atoms with van der Waals surface area (Å²) in [5, 5.41) is 25.4. The van der Waals surface area contributed by atoms with E-state index in [2.05, 4.69) is 15.1 Å². The predicted molar refractivity (Wildman–Crippen MR) is 170 cm³/mol. The van der Waals surface area contributed by atoms with Crippen molar-refractivity contribution in [1.82, 2.24) is 29.1 Å². The maximum atomic E-state index is 15.2. The molecule has 2 fully saturated rings. The first kappa shape index (κ1) is 39.9. The van der Waals surface area contributed by atoms with E-state index in [0.29, 0.717) is 43.8 Å². The third kappa shape index (κ3) is 7.50. The first-order valence-electron chi connectivity index (χ1n) is 14.7. The number of thioether (sulfide) groups is 2. The second-order valence-corrected chi connectivity index (χ2v) is 13.2. The number of aryl methyl sites for hydroxylation is 2. The van der Waals surface area contributed by atoms with Crippen LogP contribution in [0, 0.1) is 5.82 Å². The van der Waals surface area contributed by atoms with Crippen molar-refractivity contribution in [2.45, 2.75) is 30.0 Å². The van der Waals surface area contributed by atoms with Crippen molar-refractivity contribution in [3.05, 3.63) is 71.9 Å². The number of amides is 1. The number of aliphatic imine (C=N–C) groups is 1. The van der Waals surface area contributed by atoms with Crippen molar-refractivity contribution in [2.24, 2.45) is 12.0 Å². The number of aromatic nitrogens is 4. The van der Waals surface area contributed by atoms with Crippen LogP contribution in [0.1, 0.15) is 17.3 Å². The molecule has 0 spiro atoms. The minimum Gasteiger partial charge on any atom is -0.545 e. The number of benzene rings is 1. The van der Waals surface area contributed by atoms with Crippen molar-refractivity contribution < 1.29 is 88.1 Å². The van der Waals surface area contributed by atoms with E-state index in [1.807, 2.05) is 4.90 Å². The monoisotopic (exact) mass is 744 g/mol. The van der Waals surface area contributed by atoms with Crippen LogP contribution in [0.25, 0.3) is 10.9 Å². The number of H-pyrrole nitrogens is 1. The number of halogens is 1. The van der Waals surface area contributed by atoms with E-state index in [9.17, 15) is 39.0 Å². The van der Waals surface area contributed by atoms with Gasteiger partial charge in [0.05, 0.1) is 40.7 Å². The second-order valence-electron chi connectivity index (χ2n) is 11.1. The third-order valence-corrected chi connectivity index (χ3v) is 10.7. The van der Waals surface area contributed by atoms with Gasteiger partial charge in [-0.1, -0.05) is 11.8 Å². The van der Waals surface area contributed by atoms with E-state index >= 15 is 4.39 Å². The minimum absolute atomic E-state index is 0. The SMILES string of the molecule is CCn1cc(C(=O)[O-])c(=O)c2cc(F)c(N3CCN(/C=N\[C@H]4C(=O)N5C(C(=O)[O-])=C(CSc6nc(=O)c(=O)[nH]n6C)CS[C@@H]45)CC3)cc21.[Na+].[Na+]. The molecule has 2 saturated heterocycles. The Bertz CT molecular complexity index is 2120. The van der Waals surface area contributed by atoms with Crippen LogP contribution in [0.4, 0.5) is 10.1 Å². The van der Waals surface area contributed by atoms with Gasteiger partial charge in [-0.3, -0.25) is 38.9 Å². The molecule has 252 valence electrons. The molecule has 3 aliphatic rings. The largest absolute Gasteiger partial charge is 1.00 e. The fourth-order valence-corrected chi connectivity index (χ4v) is 8.20. The van der Waals surface area contributed by atoms with Gasteiger partial charge in [0.25, 0.3) is 5.91 Å². The molecule has 0 radical (unpaired) electrons. The summed E-state index contributed by atoms with van der Waals surface area (Å²) in [7, 11) is 1.49. The molecule has 3 aromatic rings. The molecule has 0 bridgehead atoms. The standard InChI is InChI=1S/C29H29FN8O8S2.2Na/c1-3-36-10-16(27(43)44)22(39)15-8-17(30)19(9-18(15)36)37-6-4-35(5-7-37)13-31-20-25(42)38-21(28(45)46)14(11-47-26(20)38)12-48-29-32-23(40)24(41)33-34(29)2;;/h8-10,13,20,26H,3-7,11-12H2,1-2H3,(H,33,41)(H,43,44)(H,45,46);;/q;2*+1/p-2/b31-13-;;/t20-,26-;;/m0../s1. The average molecular weight is 745 g/mol. The Hall–Kier alpha value is -2.91. The maximum Gasteiger partial charge on any atom is 1.00 e. The molecule has 0 aliphatic carbocycles. The summed E-state index contributed by atoms with van der Waals surface area (Å²) in [5.74, 6) is -3.95. The number of aliphatic carboxylic acids is 1. The molecule has 16 nitrogen and oxygen atoms in total. The zero-order chi connectivity index (χ0) is 34.4. The van der Waals surface area contributed by atoms with E-state index in [1.54, 1.807) is 22.7 Å². The fraction of sp³-hybridized carbons (Fsp3) is 0.379. The Morgan fingerprint density at radius 3 is 2.46 bits per heavy atom. The van der Waals surface area contributed by atoms with Crippen molar-refractivity contribution in [2.75, 3.05) is 42.6 Å². The van der Waals surface area contributed by atoms with E-state index < -0.39 is 57.2 Å². The number of carboxylic acid groups (broad SMARTS) is 2. The van der Waals surface area contributed by atoms with Gasteiger partial charge in [0.1, 0.15) is 11.2 Å². The van der Waals surface area contributed by atoms with Gasteiger partial charge in [0.15, 0.2) is 16.6 Å². The number of nitrogens with zero attached hydrogens (tertiary/aromatic N) is 7. The van der Waals surface area contributed by atoms with Gasteiger partial charge in [0.2, 0.25) is 0 Å². The normalized spacial score (nSPS) is 18.9. The van der Waals surface area contributed by atoms with Crippen molar-refractivity contribution in [3.63, 3.8) is 0 Å². The minimum atomic E-state index is -1.63. The molecular weight excluding hydrogens is 717 g/mol. The molecule has 0 unspecified atom stereocenters. The average Bonchev–Trinajstić information content (AvgIpc) is 3.05. The number of carbonyl (C=O) groups excluding carboxylic acids is 3.